The quantitative estimate of drug-likeness (QED) is 0.802. The first-order valence-corrected chi connectivity index (χ1v) is 8.98. The third-order valence-corrected chi connectivity index (χ3v) is 5.23. The van der Waals surface area contributed by atoms with Gasteiger partial charge in [0.15, 0.2) is 9.84 Å². The van der Waals surface area contributed by atoms with Crippen LogP contribution in [0.4, 0.5) is 5.69 Å². The van der Waals surface area contributed by atoms with Gasteiger partial charge in [0.25, 0.3) is 0 Å². The molecule has 0 amide bonds. The Bertz CT molecular complexity index is 776. The molecule has 0 radical (unpaired) electrons. The number of para-hydroxylation sites is 1. The van der Waals surface area contributed by atoms with Crippen LogP contribution in [0.1, 0.15) is 5.56 Å². The first-order chi connectivity index (χ1) is 9.80. The molecule has 0 spiro atoms. The molecule has 2 aromatic rings. The van der Waals surface area contributed by atoms with Crippen LogP contribution in [0.2, 0.25) is 15.1 Å². The van der Waals surface area contributed by atoms with Crippen molar-refractivity contribution in [3.05, 3.63) is 57.0 Å². The van der Waals surface area contributed by atoms with Crippen LogP contribution in [0.15, 0.2) is 41.3 Å². The fraction of sp³-hybridized carbons (Fsp3) is 0.143. The Morgan fingerprint density at radius 1 is 1.00 bits per heavy atom. The fourth-order valence-corrected chi connectivity index (χ4v) is 3.40. The first-order valence-electron chi connectivity index (χ1n) is 5.96. The van der Waals surface area contributed by atoms with Gasteiger partial charge in [-0.3, -0.25) is 0 Å². The number of nitrogens with one attached hydrogen (secondary N) is 1. The molecule has 0 heterocycles. The van der Waals surface area contributed by atoms with Crippen molar-refractivity contribution in [3.8, 4) is 0 Å². The highest BCUT2D eigenvalue weighted by molar-refractivity contribution is 7.90. The lowest BCUT2D eigenvalue weighted by atomic mass is 10.2. The van der Waals surface area contributed by atoms with E-state index in [0.717, 1.165) is 6.26 Å². The van der Waals surface area contributed by atoms with Gasteiger partial charge in [0.05, 0.1) is 20.6 Å². The molecule has 7 heteroatoms. The lowest BCUT2D eigenvalue weighted by Gasteiger charge is -2.13. The molecule has 0 unspecified atom stereocenters. The Balaban J connectivity index is 2.32. The molecule has 3 nitrogen and oxygen atoms in total. The smallest absolute Gasteiger partial charge is 0.177 e. The van der Waals surface area contributed by atoms with Crippen LogP contribution in [0.5, 0.6) is 0 Å². The van der Waals surface area contributed by atoms with Crippen LogP contribution in [0, 0.1) is 0 Å². The van der Waals surface area contributed by atoms with Crippen molar-refractivity contribution in [3.63, 3.8) is 0 Å². The molecule has 0 aliphatic carbocycles. The summed E-state index contributed by atoms with van der Waals surface area (Å²) in [7, 11) is -3.32. The highest BCUT2D eigenvalue weighted by atomic mass is 35.5. The predicted octanol–water partition coefficient (Wildman–Crippen LogP) is 4.66. The Kier molecular flexibility index (Phi) is 5.04. The van der Waals surface area contributed by atoms with E-state index < -0.39 is 9.84 Å². The Labute approximate surface area is 138 Å². The first kappa shape index (κ1) is 16.4. The second-order valence-electron chi connectivity index (χ2n) is 4.44. The van der Waals surface area contributed by atoms with E-state index in [2.05, 4.69) is 5.32 Å². The maximum atomic E-state index is 11.7. The third-order valence-electron chi connectivity index (χ3n) is 2.88. The highest BCUT2D eigenvalue weighted by Gasteiger charge is 2.14. The van der Waals surface area contributed by atoms with Gasteiger partial charge >= 0.3 is 0 Å². The molecule has 2 rings (SSSR count). The van der Waals surface area contributed by atoms with Crippen molar-refractivity contribution in [2.75, 3.05) is 11.6 Å². The SMILES string of the molecule is CS(=O)(=O)c1ccccc1NCc1c(Cl)ccc(Cl)c1Cl. The zero-order chi connectivity index (χ0) is 15.6. The number of halogens is 3. The molecule has 1 N–H and O–H groups in total. The maximum Gasteiger partial charge on any atom is 0.177 e. The largest absolute Gasteiger partial charge is 0.380 e. The van der Waals surface area contributed by atoms with Crippen LogP contribution in [0.25, 0.3) is 0 Å². The molecule has 0 aliphatic rings. The summed E-state index contributed by atoms with van der Waals surface area (Å²) in [6.45, 7) is 0.269. The summed E-state index contributed by atoms with van der Waals surface area (Å²) >= 11 is 18.2. The van der Waals surface area contributed by atoms with Gasteiger partial charge in [0.2, 0.25) is 0 Å². The van der Waals surface area contributed by atoms with E-state index >= 15 is 0 Å². The van der Waals surface area contributed by atoms with Crippen LogP contribution in [-0.4, -0.2) is 14.7 Å². The predicted molar refractivity (Wildman–Crippen MR) is 88.4 cm³/mol. The van der Waals surface area contributed by atoms with Gasteiger partial charge in [-0.15, -0.1) is 0 Å². The lowest BCUT2D eigenvalue weighted by Crippen LogP contribution is -2.06. The van der Waals surface area contributed by atoms with Gasteiger partial charge in [-0.1, -0.05) is 46.9 Å². The molecular weight excluding hydrogens is 353 g/mol. The Morgan fingerprint density at radius 3 is 2.29 bits per heavy atom. The second-order valence-corrected chi connectivity index (χ2v) is 7.62. The zero-order valence-corrected chi connectivity index (χ0v) is 14.1. The zero-order valence-electron chi connectivity index (χ0n) is 11.0. The van der Waals surface area contributed by atoms with Gasteiger partial charge < -0.3 is 5.32 Å². The number of hydrogen-bond donors (Lipinski definition) is 1. The van der Waals surface area contributed by atoms with Gasteiger partial charge in [-0.25, -0.2) is 8.42 Å². The lowest BCUT2D eigenvalue weighted by molar-refractivity contribution is 0.602. The van der Waals surface area contributed by atoms with Crippen molar-refractivity contribution in [1.29, 1.82) is 0 Å². The summed E-state index contributed by atoms with van der Waals surface area (Å²) in [6.07, 6.45) is 1.16. The number of rotatable bonds is 4. The molecule has 0 saturated heterocycles. The molecule has 0 fully saturated rings. The van der Waals surface area contributed by atoms with Crippen LogP contribution in [-0.2, 0) is 16.4 Å². The minimum Gasteiger partial charge on any atom is -0.380 e. The standard InChI is InChI=1S/C14H12Cl3NO2S/c1-21(19,20)13-5-3-2-4-12(13)18-8-9-10(15)6-7-11(16)14(9)17/h2-7,18H,8H2,1H3. The highest BCUT2D eigenvalue weighted by Crippen LogP contribution is 2.32. The Morgan fingerprint density at radius 2 is 1.62 bits per heavy atom. The van der Waals surface area contributed by atoms with Gasteiger partial charge in [-0.05, 0) is 24.3 Å². The monoisotopic (exact) mass is 363 g/mol. The molecule has 0 saturated carbocycles. The van der Waals surface area contributed by atoms with Crippen LogP contribution < -0.4 is 5.32 Å². The molecule has 112 valence electrons. The molecular formula is C14H12Cl3NO2S. The maximum absolute atomic E-state index is 11.7. The average Bonchev–Trinajstić information content (AvgIpc) is 2.42. The van der Waals surface area contributed by atoms with E-state index in [1.54, 1.807) is 36.4 Å². The topological polar surface area (TPSA) is 46.2 Å². The molecule has 0 aromatic heterocycles. The van der Waals surface area contributed by atoms with E-state index in [4.69, 9.17) is 34.8 Å². The van der Waals surface area contributed by atoms with Crippen molar-refractivity contribution >= 4 is 50.3 Å². The minimum atomic E-state index is -3.32. The second kappa shape index (κ2) is 6.44. The third kappa shape index (κ3) is 3.83. The van der Waals surface area contributed by atoms with Crippen LogP contribution >= 0.6 is 34.8 Å². The summed E-state index contributed by atoms with van der Waals surface area (Å²) < 4.78 is 23.5. The van der Waals surface area contributed by atoms with E-state index in [1.165, 1.54) is 0 Å². The molecule has 0 aliphatic heterocycles. The van der Waals surface area contributed by atoms with Gasteiger partial charge in [0.1, 0.15) is 0 Å². The van der Waals surface area contributed by atoms with E-state index in [-0.39, 0.29) is 11.4 Å². The summed E-state index contributed by atoms with van der Waals surface area (Å²) in [5.74, 6) is 0. The number of benzene rings is 2. The number of sulfone groups is 1. The number of anilines is 1. The summed E-state index contributed by atoms with van der Waals surface area (Å²) in [5.41, 5.74) is 1.11. The van der Waals surface area contributed by atoms with E-state index in [9.17, 15) is 8.42 Å². The normalized spacial score (nSPS) is 11.4. The van der Waals surface area contributed by atoms with Gasteiger partial charge in [0, 0.05) is 23.4 Å². The average molecular weight is 365 g/mol. The molecule has 21 heavy (non-hydrogen) atoms. The molecule has 2 aromatic carbocycles. The summed E-state index contributed by atoms with van der Waals surface area (Å²) in [6, 6.07) is 9.90. The van der Waals surface area contributed by atoms with Gasteiger partial charge in [-0.2, -0.15) is 0 Å². The molecule has 0 bridgehead atoms. The fourth-order valence-electron chi connectivity index (χ4n) is 1.85. The van der Waals surface area contributed by atoms with Crippen molar-refractivity contribution in [2.45, 2.75) is 11.4 Å². The number of hydrogen-bond acceptors (Lipinski definition) is 3. The molecule has 0 atom stereocenters. The Hall–Kier alpha value is -0.940. The van der Waals surface area contributed by atoms with Crippen molar-refractivity contribution in [1.82, 2.24) is 0 Å². The van der Waals surface area contributed by atoms with Crippen molar-refractivity contribution < 1.29 is 8.42 Å². The summed E-state index contributed by atoms with van der Waals surface area (Å²) in [4.78, 5) is 0.222. The van der Waals surface area contributed by atoms with Crippen LogP contribution in [0.3, 0.4) is 0 Å². The van der Waals surface area contributed by atoms with E-state index in [0.29, 0.717) is 26.3 Å². The van der Waals surface area contributed by atoms with Crippen molar-refractivity contribution in [2.24, 2.45) is 0 Å². The minimum absolute atomic E-state index is 0.222. The van der Waals surface area contributed by atoms with E-state index in [1.807, 2.05) is 0 Å². The summed E-state index contributed by atoms with van der Waals surface area (Å²) in [5, 5.41) is 4.26.